The van der Waals surface area contributed by atoms with Crippen molar-refractivity contribution >= 4 is 11.8 Å². The van der Waals surface area contributed by atoms with Gasteiger partial charge in [0, 0.05) is 51.0 Å². The number of likely N-dealkylation sites (tertiary alicyclic amines) is 1. The lowest BCUT2D eigenvalue weighted by Gasteiger charge is -2.46. The Morgan fingerprint density at radius 1 is 1.17 bits per heavy atom. The second-order valence-electron chi connectivity index (χ2n) is 8.06. The number of amides is 2. The summed E-state index contributed by atoms with van der Waals surface area (Å²) in [7, 11) is 1.67. The first kappa shape index (κ1) is 19.4. The number of ether oxygens (including phenoxy) is 1. The fourth-order valence-corrected chi connectivity index (χ4v) is 4.50. The molecule has 2 aromatic rings. The van der Waals surface area contributed by atoms with Crippen LogP contribution in [0.4, 0.5) is 0 Å². The van der Waals surface area contributed by atoms with Gasteiger partial charge in [-0.05, 0) is 37.1 Å². The minimum absolute atomic E-state index is 0.0262. The molecule has 1 saturated heterocycles. The normalized spacial score (nSPS) is 19.9. The van der Waals surface area contributed by atoms with Crippen molar-refractivity contribution in [3.8, 4) is 5.75 Å². The molecule has 1 N–H and O–H groups in total. The first-order valence-electron chi connectivity index (χ1n) is 10.2. The smallest absolute Gasteiger partial charge is 0.272 e. The van der Waals surface area contributed by atoms with E-state index in [1.54, 1.807) is 13.1 Å². The molecule has 0 bridgehead atoms. The zero-order valence-electron chi connectivity index (χ0n) is 17.0. The van der Waals surface area contributed by atoms with Gasteiger partial charge in [0.25, 0.3) is 5.91 Å². The van der Waals surface area contributed by atoms with Crippen LogP contribution >= 0.6 is 0 Å². The average Bonchev–Trinajstić information content (AvgIpc) is 2.73. The van der Waals surface area contributed by atoms with Crippen LogP contribution in [0.1, 0.15) is 53.3 Å². The number of para-hydroxylation sites is 1. The molecule has 1 atom stereocenters. The molecular formula is C23H27N3O3. The molecule has 1 fully saturated rings. The first-order chi connectivity index (χ1) is 14.0. The second kappa shape index (κ2) is 7.85. The van der Waals surface area contributed by atoms with Crippen LogP contribution in [0.3, 0.4) is 0 Å². The molecule has 2 aliphatic heterocycles. The fourth-order valence-electron chi connectivity index (χ4n) is 4.50. The maximum atomic E-state index is 12.8. The molecule has 6 heteroatoms. The zero-order chi connectivity index (χ0) is 20.4. The van der Waals surface area contributed by atoms with Gasteiger partial charge >= 0.3 is 0 Å². The summed E-state index contributed by atoms with van der Waals surface area (Å²) in [5, 5.41) is 2.74. The number of fused-ring (bicyclic) bond motifs is 1. The molecule has 29 heavy (non-hydrogen) atoms. The van der Waals surface area contributed by atoms with Crippen LogP contribution < -0.4 is 10.1 Å². The lowest BCUT2D eigenvalue weighted by Crippen LogP contribution is -2.52. The van der Waals surface area contributed by atoms with E-state index in [9.17, 15) is 9.59 Å². The van der Waals surface area contributed by atoms with E-state index in [0.717, 1.165) is 36.3 Å². The Balaban J connectivity index is 1.50. The number of aromatic nitrogens is 1. The zero-order valence-corrected chi connectivity index (χ0v) is 17.0. The number of piperidine rings is 1. The molecule has 6 nitrogen and oxygen atoms in total. The second-order valence-corrected chi connectivity index (χ2v) is 8.06. The molecule has 152 valence electrons. The number of carbonyl (C=O) groups excluding carboxylic acids is 2. The Labute approximate surface area is 171 Å². The summed E-state index contributed by atoms with van der Waals surface area (Å²) in [6.45, 7) is 3.15. The third-order valence-corrected chi connectivity index (χ3v) is 6.08. The summed E-state index contributed by atoms with van der Waals surface area (Å²) in [4.78, 5) is 31.1. The molecule has 1 aromatic heterocycles. The molecule has 0 unspecified atom stereocenters. The van der Waals surface area contributed by atoms with Crippen LogP contribution in [-0.2, 0) is 4.79 Å². The molecule has 3 heterocycles. The summed E-state index contributed by atoms with van der Waals surface area (Å²) in [6, 6.07) is 13.5. The van der Waals surface area contributed by atoms with Gasteiger partial charge in [0.1, 0.15) is 17.0 Å². The van der Waals surface area contributed by atoms with Crippen LogP contribution in [0.5, 0.6) is 5.75 Å². The van der Waals surface area contributed by atoms with E-state index in [1.165, 1.54) is 0 Å². The Hall–Kier alpha value is -2.89. The lowest BCUT2D eigenvalue weighted by molar-refractivity contribution is -0.121. The van der Waals surface area contributed by atoms with E-state index < -0.39 is 0 Å². The number of nitrogens with zero attached hydrogens (tertiary/aromatic N) is 2. The Morgan fingerprint density at radius 3 is 2.66 bits per heavy atom. The standard InChI is InChI=1S/C23H27N3O3/c1-16-6-5-8-19(25-16)22(28)26-12-10-23(11-13-26)15-17(14-21(27)24-2)18-7-3-4-9-20(18)29-23/h3-9,17H,10-15H2,1-2H3,(H,24,27)/t17-/m0/s1. The maximum absolute atomic E-state index is 12.8. The monoisotopic (exact) mass is 393 g/mol. The minimum atomic E-state index is -0.330. The number of benzene rings is 1. The van der Waals surface area contributed by atoms with Crippen molar-refractivity contribution in [3.05, 3.63) is 59.4 Å². The van der Waals surface area contributed by atoms with Crippen LogP contribution in [0.2, 0.25) is 0 Å². The Bertz CT molecular complexity index is 919. The predicted molar refractivity (Wildman–Crippen MR) is 110 cm³/mol. The average molecular weight is 393 g/mol. The van der Waals surface area contributed by atoms with Crippen molar-refractivity contribution in [3.63, 3.8) is 0 Å². The van der Waals surface area contributed by atoms with E-state index in [1.807, 2.05) is 42.2 Å². The van der Waals surface area contributed by atoms with Crippen LogP contribution in [0.15, 0.2) is 42.5 Å². The highest BCUT2D eigenvalue weighted by atomic mass is 16.5. The minimum Gasteiger partial charge on any atom is -0.487 e. The molecule has 1 aromatic carbocycles. The van der Waals surface area contributed by atoms with Crippen LogP contribution in [0.25, 0.3) is 0 Å². The van der Waals surface area contributed by atoms with Crippen molar-refractivity contribution in [1.82, 2.24) is 15.2 Å². The number of hydrogen-bond acceptors (Lipinski definition) is 4. The fraction of sp³-hybridized carbons (Fsp3) is 0.435. The number of rotatable bonds is 3. The molecule has 2 aliphatic rings. The summed E-state index contributed by atoms with van der Waals surface area (Å²) in [6.07, 6.45) is 2.75. The molecule has 4 rings (SSSR count). The predicted octanol–water partition coefficient (Wildman–Crippen LogP) is 3.07. The van der Waals surface area contributed by atoms with Gasteiger partial charge in [0.2, 0.25) is 5.91 Å². The Morgan fingerprint density at radius 2 is 1.93 bits per heavy atom. The topological polar surface area (TPSA) is 71.5 Å². The van der Waals surface area contributed by atoms with Gasteiger partial charge in [-0.1, -0.05) is 24.3 Å². The van der Waals surface area contributed by atoms with E-state index in [4.69, 9.17) is 4.74 Å². The van der Waals surface area contributed by atoms with E-state index in [-0.39, 0.29) is 23.3 Å². The molecule has 1 spiro atoms. The summed E-state index contributed by atoms with van der Waals surface area (Å²) < 4.78 is 6.47. The van der Waals surface area contributed by atoms with Gasteiger partial charge in [-0.25, -0.2) is 4.98 Å². The van der Waals surface area contributed by atoms with Crippen molar-refractivity contribution in [1.29, 1.82) is 0 Å². The first-order valence-corrected chi connectivity index (χ1v) is 10.2. The maximum Gasteiger partial charge on any atom is 0.272 e. The lowest BCUT2D eigenvalue weighted by atomic mass is 9.76. The summed E-state index contributed by atoms with van der Waals surface area (Å²) in [5.74, 6) is 1.01. The molecule has 0 aliphatic carbocycles. The number of aryl methyl sites for hydroxylation is 1. The van der Waals surface area contributed by atoms with Crippen molar-refractivity contribution in [2.75, 3.05) is 20.1 Å². The molecule has 2 amide bonds. The van der Waals surface area contributed by atoms with Crippen molar-refractivity contribution in [2.24, 2.45) is 0 Å². The number of carbonyl (C=O) groups is 2. The van der Waals surface area contributed by atoms with Crippen LogP contribution in [-0.4, -0.2) is 47.4 Å². The molecule has 0 saturated carbocycles. The van der Waals surface area contributed by atoms with Gasteiger partial charge in [-0.3, -0.25) is 9.59 Å². The van der Waals surface area contributed by atoms with Crippen molar-refractivity contribution < 1.29 is 14.3 Å². The van der Waals surface area contributed by atoms with Gasteiger partial charge in [-0.2, -0.15) is 0 Å². The summed E-state index contributed by atoms with van der Waals surface area (Å²) in [5.41, 5.74) is 2.11. The van der Waals surface area contributed by atoms with E-state index in [0.29, 0.717) is 25.2 Å². The van der Waals surface area contributed by atoms with Gasteiger partial charge in [-0.15, -0.1) is 0 Å². The summed E-state index contributed by atoms with van der Waals surface area (Å²) >= 11 is 0. The quantitative estimate of drug-likeness (QED) is 0.870. The Kier molecular flexibility index (Phi) is 5.26. The number of hydrogen-bond donors (Lipinski definition) is 1. The van der Waals surface area contributed by atoms with E-state index in [2.05, 4.69) is 16.4 Å². The van der Waals surface area contributed by atoms with Gasteiger partial charge in [0.05, 0.1) is 0 Å². The molecule has 0 radical (unpaired) electrons. The highest BCUT2D eigenvalue weighted by Gasteiger charge is 2.44. The highest BCUT2D eigenvalue weighted by molar-refractivity contribution is 5.92. The van der Waals surface area contributed by atoms with E-state index >= 15 is 0 Å². The number of pyridine rings is 1. The highest BCUT2D eigenvalue weighted by Crippen LogP contribution is 2.46. The SMILES string of the molecule is CNC(=O)C[C@H]1CC2(CCN(C(=O)c3cccc(C)n3)CC2)Oc2ccccc21. The number of nitrogens with one attached hydrogen (secondary N) is 1. The van der Waals surface area contributed by atoms with Crippen molar-refractivity contribution in [2.45, 2.75) is 44.1 Å². The third-order valence-electron chi connectivity index (χ3n) is 6.08. The third kappa shape index (κ3) is 3.97. The van der Waals surface area contributed by atoms with Gasteiger partial charge < -0.3 is 15.0 Å². The molecular weight excluding hydrogens is 366 g/mol. The largest absolute Gasteiger partial charge is 0.487 e. The van der Waals surface area contributed by atoms with Gasteiger partial charge in [0.15, 0.2) is 0 Å². The van der Waals surface area contributed by atoms with Crippen LogP contribution in [0, 0.1) is 6.92 Å².